The molecule has 0 saturated carbocycles. The average Bonchev–Trinajstić information content (AvgIpc) is 2.78. The number of nitrogens with zero attached hydrogens (tertiary/aromatic N) is 1. The summed E-state index contributed by atoms with van der Waals surface area (Å²) in [5.74, 6) is -0.143. The molecule has 0 aliphatic rings. The van der Waals surface area contributed by atoms with Crippen LogP contribution in [0.4, 0.5) is 11.4 Å². The van der Waals surface area contributed by atoms with Gasteiger partial charge in [-0.3, -0.25) is 4.79 Å². The van der Waals surface area contributed by atoms with Crippen LogP contribution in [0.1, 0.15) is 26.4 Å². The van der Waals surface area contributed by atoms with Gasteiger partial charge in [0.1, 0.15) is 11.4 Å². The topological polar surface area (TPSA) is 89.5 Å². The summed E-state index contributed by atoms with van der Waals surface area (Å²) in [4.78, 5) is 28.5. The first-order valence-electron chi connectivity index (χ1n) is 8.93. The van der Waals surface area contributed by atoms with Gasteiger partial charge < -0.3 is 20.1 Å². The Labute approximate surface area is 168 Å². The Morgan fingerprint density at radius 2 is 1.72 bits per heavy atom. The summed E-state index contributed by atoms with van der Waals surface area (Å²) in [5.41, 5.74) is 2.65. The molecule has 7 heteroatoms. The van der Waals surface area contributed by atoms with Gasteiger partial charge in [-0.2, -0.15) is 0 Å². The second kappa shape index (κ2) is 9.36. The van der Waals surface area contributed by atoms with E-state index in [0.717, 1.165) is 17.0 Å². The Morgan fingerprint density at radius 3 is 2.45 bits per heavy atom. The van der Waals surface area contributed by atoms with Gasteiger partial charge in [-0.05, 0) is 30.3 Å². The highest BCUT2D eigenvalue weighted by Crippen LogP contribution is 2.20. The predicted molar refractivity (Wildman–Crippen MR) is 110 cm³/mol. The van der Waals surface area contributed by atoms with Gasteiger partial charge in [-0.25, -0.2) is 9.78 Å². The number of para-hydroxylation sites is 2. The van der Waals surface area contributed by atoms with E-state index in [1.54, 1.807) is 49.7 Å². The molecule has 0 radical (unpaired) electrons. The van der Waals surface area contributed by atoms with Crippen LogP contribution < -0.4 is 15.4 Å². The summed E-state index contributed by atoms with van der Waals surface area (Å²) in [6.45, 7) is 0.559. The maximum atomic E-state index is 12.5. The number of anilines is 2. The first-order valence-corrected chi connectivity index (χ1v) is 8.93. The van der Waals surface area contributed by atoms with Crippen LogP contribution in [-0.2, 0) is 11.3 Å². The van der Waals surface area contributed by atoms with Crippen molar-refractivity contribution >= 4 is 23.3 Å². The normalized spacial score (nSPS) is 10.1. The number of hydrogen-bond acceptors (Lipinski definition) is 6. The molecule has 0 unspecified atom stereocenters. The number of ether oxygens (including phenoxy) is 2. The highest BCUT2D eigenvalue weighted by Gasteiger charge is 2.15. The number of carbonyl (C=O) groups excluding carboxylic acids is 2. The maximum absolute atomic E-state index is 12.5. The van der Waals surface area contributed by atoms with Crippen LogP contribution in [0.15, 0.2) is 66.9 Å². The van der Waals surface area contributed by atoms with Crippen molar-refractivity contribution in [3.05, 3.63) is 83.7 Å². The maximum Gasteiger partial charge on any atom is 0.339 e. The van der Waals surface area contributed by atoms with Crippen molar-refractivity contribution in [1.29, 1.82) is 0 Å². The molecule has 148 valence electrons. The average molecular weight is 391 g/mol. The summed E-state index contributed by atoms with van der Waals surface area (Å²) in [6.07, 6.45) is 1.58. The standard InChI is InChI=1S/C22H21N3O4/c1-28-20-10-6-3-7-15(20)13-23-16-11-12-19(24-14-16)21(26)25-18-9-5-4-8-17(18)22(27)29-2/h3-12,14,23H,13H2,1-2H3,(H,25,26). The van der Waals surface area contributed by atoms with Gasteiger partial charge in [0.25, 0.3) is 5.91 Å². The third-order valence-corrected chi connectivity index (χ3v) is 4.25. The van der Waals surface area contributed by atoms with Crippen molar-refractivity contribution in [2.45, 2.75) is 6.54 Å². The van der Waals surface area contributed by atoms with Crippen molar-refractivity contribution in [3.63, 3.8) is 0 Å². The highest BCUT2D eigenvalue weighted by atomic mass is 16.5. The van der Waals surface area contributed by atoms with Crippen LogP contribution in [0.25, 0.3) is 0 Å². The van der Waals surface area contributed by atoms with E-state index in [0.29, 0.717) is 12.2 Å². The number of nitrogens with one attached hydrogen (secondary N) is 2. The number of amides is 1. The van der Waals surface area contributed by atoms with Crippen LogP contribution >= 0.6 is 0 Å². The molecule has 3 aromatic rings. The fourth-order valence-corrected chi connectivity index (χ4v) is 2.75. The SMILES string of the molecule is COC(=O)c1ccccc1NC(=O)c1ccc(NCc2ccccc2OC)cn1. The first-order chi connectivity index (χ1) is 14.1. The number of rotatable bonds is 7. The number of aromatic nitrogens is 1. The molecule has 0 fully saturated rings. The van der Waals surface area contributed by atoms with E-state index in [4.69, 9.17) is 9.47 Å². The van der Waals surface area contributed by atoms with E-state index >= 15 is 0 Å². The third kappa shape index (κ3) is 4.90. The highest BCUT2D eigenvalue weighted by molar-refractivity contribution is 6.07. The van der Waals surface area contributed by atoms with E-state index < -0.39 is 11.9 Å². The molecule has 2 N–H and O–H groups in total. The molecular weight excluding hydrogens is 370 g/mol. The van der Waals surface area contributed by atoms with Gasteiger partial charge in [-0.15, -0.1) is 0 Å². The summed E-state index contributed by atoms with van der Waals surface area (Å²) in [6, 6.07) is 17.7. The Bertz CT molecular complexity index is 1000. The Kier molecular flexibility index (Phi) is 6.42. The Hall–Kier alpha value is -3.87. The quantitative estimate of drug-likeness (QED) is 0.597. The van der Waals surface area contributed by atoms with Crippen LogP contribution in [0.5, 0.6) is 5.75 Å². The molecule has 0 saturated heterocycles. The number of methoxy groups -OCH3 is 2. The molecule has 1 amide bonds. The van der Waals surface area contributed by atoms with Crippen LogP contribution in [0, 0.1) is 0 Å². The zero-order valence-corrected chi connectivity index (χ0v) is 16.1. The van der Waals surface area contributed by atoms with Gasteiger partial charge in [0.05, 0.1) is 37.4 Å². The summed E-state index contributed by atoms with van der Waals surface area (Å²) in [5, 5.41) is 5.94. The smallest absolute Gasteiger partial charge is 0.339 e. The molecule has 0 atom stereocenters. The minimum atomic E-state index is -0.523. The molecule has 0 bridgehead atoms. The van der Waals surface area contributed by atoms with E-state index in [2.05, 4.69) is 15.6 Å². The molecular formula is C22H21N3O4. The van der Waals surface area contributed by atoms with Crippen LogP contribution in [-0.4, -0.2) is 31.1 Å². The summed E-state index contributed by atoms with van der Waals surface area (Å²) in [7, 11) is 2.92. The van der Waals surface area contributed by atoms with Gasteiger partial charge in [0.2, 0.25) is 0 Å². The van der Waals surface area contributed by atoms with Gasteiger partial charge in [0, 0.05) is 12.1 Å². The molecule has 0 aliphatic heterocycles. The minimum absolute atomic E-state index is 0.229. The van der Waals surface area contributed by atoms with Gasteiger partial charge in [-0.1, -0.05) is 30.3 Å². The van der Waals surface area contributed by atoms with E-state index in [1.807, 2.05) is 24.3 Å². The van der Waals surface area contributed by atoms with Crippen LogP contribution in [0.2, 0.25) is 0 Å². The fraction of sp³-hybridized carbons (Fsp3) is 0.136. The molecule has 0 spiro atoms. The first kappa shape index (κ1) is 19.9. The van der Waals surface area contributed by atoms with Gasteiger partial charge >= 0.3 is 5.97 Å². The molecule has 2 aromatic carbocycles. The number of esters is 1. The predicted octanol–water partition coefficient (Wildman–Crippen LogP) is 3.74. The number of benzene rings is 2. The molecule has 1 heterocycles. The lowest BCUT2D eigenvalue weighted by Crippen LogP contribution is -2.16. The van der Waals surface area contributed by atoms with Crippen molar-refractivity contribution in [2.75, 3.05) is 24.9 Å². The molecule has 7 nitrogen and oxygen atoms in total. The second-order valence-electron chi connectivity index (χ2n) is 6.09. The molecule has 1 aromatic heterocycles. The van der Waals surface area contributed by atoms with Crippen LogP contribution in [0.3, 0.4) is 0 Å². The third-order valence-electron chi connectivity index (χ3n) is 4.25. The number of pyridine rings is 1. The lowest BCUT2D eigenvalue weighted by atomic mass is 10.1. The van der Waals surface area contributed by atoms with Crippen molar-refractivity contribution < 1.29 is 19.1 Å². The van der Waals surface area contributed by atoms with Gasteiger partial charge in [0.15, 0.2) is 0 Å². The lowest BCUT2D eigenvalue weighted by molar-refractivity contribution is 0.0602. The molecule has 29 heavy (non-hydrogen) atoms. The lowest BCUT2D eigenvalue weighted by Gasteiger charge is -2.11. The molecule has 0 aliphatic carbocycles. The summed E-state index contributed by atoms with van der Waals surface area (Å²) < 4.78 is 10.1. The summed E-state index contributed by atoms with van der Waals surface area (Å²) >= 11 is 0. The monoisotopic (exact) mass is 391 g/mol. The Morgan fingerprint density at radius 1 is 0.966 bits per heavy atom. The van der Waals surface area contributed by atoms with Crippen molar-refractivity contribution in [2.24, 2.45) is 0 Å². The van der Waals surface area contributed by atoms with E-state index in [1.165, 1.54) is 7.11 Å². The second-order valence-corrected chi connectivity index (χ2v) is 6.09. The zero-order valence-electron chi connectivity index (χ0n) is 16.1. The number of carbonyl (C=O) groups is 2. The largest absolute Gasteiger partial charge is 0.496 e. The Balaban J connectivity index is 1.66. The minimum Gasteiger partial charge on any atom is -0.496 e. The van der Waals surface area contributed by atoms with Crippen molar-refractivity contribution in [3.8, 4) is 5.75 Å². The number of hydrogen-bond donors (Lipinski definition) is 2. The molecule has 3 rings (SSSR count). The van der Waals surface area contributed by atoms with E-state index in [9.17, 15) is 9.59 Å². The van der Waals surface area contributed by atoms with Crippen molar-refractivity contribution in [1.82, 2.24) is 4.98 Å². The zero-order chi connectivity index (χ0) is 20.6. The fourth-order valence-electron chi connectivity index (χ4n) is 2.75. The van der Waals surface area contributed by atoms with E-state index in [-0.39, 0.29) is 11.3 Å².